The predicted octanol–water partition coefficient (Wildman–Crippen LogP) is 3.28. The molecule has 140 valence electrons. The molecule has 0 radical (unpaired) electrons. The largest absolute Gasteiger partial charge is 0.338 e. The number of fused-ring (bicyclic) bond motifs is 1. The number of nitrogens with zero attached hydrogens (tertiary/aromatic N) is 2. The third-order valence-corrected chi connectivity index (χ3v) is 5.37. The van der Waals surface area contributed by atoms with Gasteiger partial charge in [0.2, 0.25) is 0 Å². The van der Waals surface area contributed by atoms with Gasteiger partial charge in [-0.3, -0.25) is 9.69 Å². The molecule has 27 heavy (non-hydrogen) atoms. The summed E-state index contributed by atoms with van der Waals surface area (Å²) in [6, 6.07) is 11.8. The molecule has 0 aliphatic rings. The minimum absolute atomic E-state index is 0.185. The molecule has 4 nitrogen and oxygen atoms in total. The van der Waals surface area contributed by atoms with Gasteiger partial charge in [-0.1, -0.05) is 41.1 Å². The predicted molar refractivity (Wildman–Crippen MR) is 110 cm³/mol. The van der Waals surface area contributed by atoms with Crippen LogP contribution in [0, 0.1) is 5.82 Å². The fraction of sp³-hybridized carbons (Fsp3) is 0.200. The summed E-state index contributed by atoms with van der Waals surface area (Å²) in [6.45, 7) is 1.27. The maximum Gasteiger partial charge on any atom is 0.252 e. The van der Waals surface area contributed by atoms with E-state index in [4.69, 9.17) is 11.6 Å². The van der Waals surface area contributed by atoms with Crippen molar-refractivity contribution in [2.45, 2.75) is 0 Å². The van der Waals surface area contributed by atoms with Crippen LogP contribution in [-0.2, 0) is 4.79 Å². The highest BCUT2D eigenvalue weighted by Crippen LogP contribution is 2.29. The first-order valence-corrected chi connectivity index (χ1v) is 9.73. The Morgan fingerprint density at radius 2 is 2.07 bits per heavy atom. The number of benzene rings is 2. The molecule has 0 spiro atoms. The summed E-state index contributed by atoms with van der Waals surface area (Å²) in [7, 11) is 4.05. The molecule has 0 unspecified atom stereocenters. The van der Waals surface area contributed by atoms with E-state index in [1.165, 1.54) is 34.4 Å². The van der Waals surface area contributed by atoms with E-state index < -0.39 is 0 Å². The van der Waals surface area contributed by atoms with Gasteiger partial charge in [0.25, 0.3) is 5.91 Å². The van der Waals surface area contributed by atoms with Gasteiger partial charge in [0.05, 0.1) is 37.4 Å². The Morgan fingerprint density at radius 3 is 2.81 bits per heavy atom. The highest BCUT2D eigenvalue weighted by Gasteiger charge is 2.19. The molecule has 7 heteroatoms. The number of carbonyl (C=O) groups excluding carboxylic acids is 1. The van der Waals surface area contributed by atoms with Crippen LogP contribution in [-0.4, -0.2) is 38.1 Å². The van der Waals surface area contributed by atoms with Crippen LogP contribution >= 0.6 is 22.9 Å². The molecule has 2 aromatic carbocycles. The summed E-state index contributed by atoms with van der Waals surface area (Å²) >= 11 is 7.46. The van der Waals surface area contributed by atoms with E-state index in [9.17, 15) is 9.18 Å². The van der Waals surface area contributed by atoms with Gasteiger partial charge < -0.3 is 4.90 Å². The Morgan fingerprint density at radius 1 is 1.30 bits per heavy atom. The number of thiazole rings is 1. The molecule has 0 bridgehead atoms. The second-order valence-corrected chi connectivity index (χ2v) is 7.83. The van der Waals surface area contributed by atoms with Gasteiger partial charge in [0, 0.05) is 11.1 Å². The molecule has 3 rings (SSSR count). The molecular formula is C20H20ClFN3OS+. The smallest absolute Gasteiger partial charge is 0.252 e. The Kier molecular flexibility index (Phi) is 6.21. The standard InChI is InChI=1S/C20H19ClFN3OS/c1-24(2)11-12-25(19(26)10-7-14-5-3-4-6-16(14)21)20-23-17-9-8-15(22)13-18(17)27-20/h3-10,13H,11-12H2,1-2H3/p+1/b10-7+. The zero-order valence-corrected chi connectivity index (χ0v) is 16.6. The van der Waals surface area contributed by atoms with Crippen molar-refractivity contribution in [1.82, 2.24) is 4.98 Å². The minimum Gasteiger partial charge on any atom is -0.338 e. The van der Waals surface area contributed by atoms with Crippen molar-refractivity contribution >= 4 is 50.3 Å². The number of nitrogens with one attached hydrogen (secondary N) is 1. The maximum absolute atomic E-state index is 13.5. The van der Waals surface area contributed by atoms with Gasteiger partial charge in [-0.2, -0.15) is 0 Å². The summed E-state index contributed by atoms with van der Waals surface area (Å²) in [4.78, 5) is 20.2. The lowest BCUT2D eigenvalue weighted by atomic mass is 10.2. The normalized spacial score (nSPS) is 11.6. The van der Waals surface area contributed by atoms with Crippen molar-refractivity contribution in [1.29, 1.82) is 0 Å². The SMILES string of the molecule is C[NH+](C)CCN(C(=O)/C=C/c1ccccc1Cl)c1nc2ccc(F)cc2s1. The van der Waals surface area contributed by atoms with Gasteiger partial charge in [0.15, 0.2) is 5.13 Å². The van der Waals surface area contributed by atoms with Crippen LogP contribution in [0.5, 0.6) is 0 Å². The molecular weight excluding hydrogens is 385 g/mol. The van der Waals surface area contributed by atoms with Crippen LogP contribution in [0.25, 0.3) is 16.3 Å². The molecule has 3 aromatic rings. The number of anilines is 1. The molecule has 0 aliphatic carbocycles. The second-order valence-electron chi connectivity index (χ2n) is 6.41. The Balaban J connectivity index is 1.89. The lowest BCUT2D eigenvalue weighted by Gasteiger charge is -2.19. The van der Waals surface area contributed by atoms with Crippen molar-refractivity contribution in [2.24, 2.45) is 0 Å². The highest BCUT2D eigenvalue weighted by atomic mass is 35.5. The number of amides is 1. The first-order chi connectivity index (χ1) is 12.9. The van der Waals surface area contributed by atoms with Gasteiger partial charge >= 0.3 is 0 Å². The van der Waals surface area contributed by atoms with Crippen molar-refractivity contribution in [2.75, 3.05) is 32.1 Å². The van der Waals surface area contributed by atoms with E-state index in [1.807, 2.05) is 32.3 Å². The number of likely N-dealkylation sites (N-methyl/N-ethyl adjacent to an activating group) is 1. The monoisotopic (exact) mass is 404 g/mol. The Labute approximate surface area is 166 Å². The molecule has 0 saturated carbocycles. The first-order valence-electron chi connectivity index (χ1n) is 8.53. The summed E-state index contributed by atoms with van der Waals surface area (Å²) in [5, 5.41) is 1.15. The number of carbonyl (C=O) groups is 1. The third kappa shape index (κ3) is 4.91. The topological polar surface area (TPSA) is 37.6 Å². The van der Waals surface area contributed by atoms with Crippen LogP contribution in [0.2, 0.25) is 5.02 Å². The lowest BCUT2D eigenvalue weighted by molar-refractivity contribution is -0.856. The van der Waals surface area contributed by atoms with Gasteiger partial charge in [-0.25, -0.2) is 9.37 Å². The number of hydrogen-bond acceptors (Lipinski definition) is 3. The van der Waals surface area contributed by atoms with Crippen molar-refractivity contribution < 1.29 is 14.1 Å². The number of aromatic nitrogens is 1. The summed E-state index contributed by atoms with van der Waals surface area (Å²) in [5.74, 6) is -0.498. The summed E-state index contributed by atoms with van der Waals surface area (Å²) in [5.41, 5.74) is 1.46. The number of halogens is 2. The number of rotatable bonds is 6. The zero-order valence-electron chi connectivity index (χ0n) is 15.1. The third-order valence-electron chi connectivity index (χ3n) is 3.98. The average Bonchev–Trinajstić information content (AvgIpc) is 3.03. The molecule has 1 amide bonds. The van der Waals surface area contributed by atoms with Crippen LogP contribution in [0.15, 0.2) is 48.5 Å². The van der Waals surface area contributed by atoms with Crippen molar-refractivity contribution in [3.05, 3.63) is 64.9 Å². The lowest BCUT2D eigenvalue weighted by Crippen LogP contribution is -3.06. The molecule has 0 saturated heterocycles. The summed E-state index contributed by atoms with van der Waals surface area (Å²) in [6.07, 6.45) is 3.20. The second kappa shape index (κ2) is 8.61. The molecule has 0 aliphatic heterocycles. The van der Waals surface area contributed by atoms with E-state index in [-0.39, 0.29) is 11.7 Å². The fourth-order valence-corrected chi connectivity index (χ4v) is 3.72. The molecule has 1 N–H and O–H groups in total. The highest BCUT2D eigenvalue weighted by molar-refractivity contribution is 7.22. The van der Waals surface area contributed by atoms with E-state index in [0.29, 0.717) is 22.2 Å². The Bertz CT molecular complexity index is 986. The zero-order chi connectivity index (χ0) is 19.4. The van der Waals surface area contributed by atoms with E-state index in [2.05, 4.69) is 4.98 Å². The van der Waals surface area contributed by atoms with E-state index >= 15 is 0 Å². The van der Waals surface area contributed by atoms with E-state index in [0.717, 1.165) is 16.8 Å². The van der Waals surface area contributed by atoms with E-state index in [1.54, 1.807) is 23.1 Å². The maximum atomic E-state index is 13.5. The van der Waals surface area contributed by atoms with Gasteiger partial charge in [0.1, 0.15) is 5.82 Å². The Hall–Kier alpha value is -2.28. The van der Waals surface area contributed by atoms with Crippen molar-refractivity contribution in [3.63, 3.8) is 0 Å². The molecule has 0 atom stereocenters. The van der Waals surface area contributed by atoms with Crippen LogP contribution in [0.1, 0.15) is 5.56 Å². The number of quaternary nitrogens is 1. The fourth-order valence-electron chi connectivity index (χ4n) is 2.50. The number of hydrogen-bond donors (Lipinski definition) is 1. The first kappa shape index (κ1) is 19.5. The minimum atomic E-state index is -0.313. The molecule has 1 heterocycles. The average molecular weight is 405 g/mol. The van der Waals surface area contributed by atoms with Crippen LogP contribution < -0.4 is 9.80 Å². The summed E-state index contributed by atoms with van der Waals surface area (Å²) < 4.78 is 14.2. The molecule has 0 fully saturated rings. The van der Waals surface area contributed by atoms with Gasteiger partial charge in [-0.15, -0.1) is 0 Å². The van der Waals surface area contributed by atoms with Crippen LogP contribution in [0.4, 0.5) is 9.52 Å². The van der Waals surface area contributed by atoms with Crippen LogP contribution in [0.3, 0.4) is 0 Å². The molecule has 1 aromatic heterocycles. The van der Waals surface area contributed by atoms with Crippen molar-refractivity contribution in [3.8, 4) is 0 Å². The quantitative estimate of drug-likeness (QED) is 0.640. The van der Waals surface area contributed by atoms with Gasteiger partial charge in [-0.05, 0) is 35.9 Å².